The van der Waals surface area contributed by atoms with Gasteiger partial charge in [-0.2, -0.15) is 0 Å². The Morgan fingerprint density at radius 2 is 1.95 bits per heavy atom. The minimum absolute atomic E-state index is 0.485. The van der Waals surface area contributed by atoms with Crippen molar-refractivity contribution in [3.63, 3.8) is 0 Å². The van der Waals surface area contributed by atoms with Crippen molar-refractivity contribution in [1.29, 1.82) is 0 Å². The van der Waals surface area contributed by atoms with Crippen LogP contribution in [0, 0.1) is 5.92 Å². The van der Waals surface area contributed by atoms with Crippen LogP contribution in [-0.4, -0.2) is 18.6 Å². The van der Waals surface area contributed by atoms with Crippen molar-refractivity contribution in [2.45, 2.75) is 51.1 Å². The van der Waals surface area contributed by atoms with Crippen molar-refractivity contribution in [1.82, 2.24) is 5.32 Å². The summed E-state index contributed by atoms with van der Waals surface area (Å²) >= 11 is 5.91. The van der Waals surface area contributed by atoms with E-state index in [1.54, 1.807) is 0 Å². The quantitative estimate of drug-likeness (QED) is 0.868. The second-order valence-electron chi connectivity index (χ2n) is 5.79. The van der Waals surface area contributed by atoms with E-state index < -0.39 is 0 Å². The van der Waals surface area contributed by atoms with Crippen molar-refractivity contribution in [2.24, 2.45) is 11.7 Å². The van der Waals surface area contributed by atoms with Gasteiger partial charge in [0.1, 0.15) is 0 Å². The summed E-state index contributed by atoms with van der Waals surface area (Å²) in [6.07, 6.45) is 6.27. The van der Waals surface area contributed by atoms with Crippen LogP contribution in [0.5, 0.6) is 0 Å². The summed E-state index contributed by atoms with van der Waals surface area (Å²) in [5.74, 6) is 0.654. The van der Waals surface area contributed by atoms with E-state index in [-0.39, 0.29) is 0 Å². The third kappa shape index (κ3) is 4.48. The molecule has 0 radical (unpaired) electrons. The number of hydrogen-bond acceptors (Lipinski definition) is 2. The van der Waals surface area contributed by atoms with Gasteiger partial charge in [-0.3, -0.25) is 0 Å². The zero-order valence-corrected chi connectivity index (χ0v) is 12.5. The largest absolute Gasteiger partial charge is 0.330 e. The molecule has 1 fully saturated rings. The summed E-state index contributed by atoms with van der Waals surface area (Å²) in [5.41, 5.74) is 7.22. The molecule has 19 heavy (non-hydrogen) atoms. The molecule has 1 aliphatic carbocycles. The SMILES string of the molecule is CC(Cc1ccc(Cl)cc1)NC1CCCCC1CN. The average Bonchev–Trinajstić information content (AvgIpc) is 2.42. The highest BCUT2D eigenvalue weighted by molar-refractivity contribution is 6.30. The van der Waals surface area contributed by atoms with Gasteiger partial charge in [0.15, 0.2) is 0 Å². The Kier molecular flexibility index (Phi) is 5.68. The molecular formula is C16H25ClN2. The number of halogens is 1. The maximum atomic E-state index is 5.91. The summed E-state index contributed by atoms with van der Waals surface area (Å²) in [7, 11) is 0. The maximum Gasteiger partial charge on any atom is 0.0406 e. The van der Waals surface area contributed by atoms with Gasteiger partial charge < -0.3 is 11.1 Å². The van der Waals surface area contributed by atoms with E-state index in [9.17, 15) is 0 Å². The Labute approximate surface area is 121 Å². The Balaban J connectivity index is 1.86. The normalized spacial score (nSPS) is 25.2. The predicted molar refractivity (Wildman–Crippen MR) is 82.6 cm³/mol. The van der Waals surface area contributed by atoms with Gasteiger partial charge in [-0.1, -0.05) is 36.6 Å². The van der Waals surface area contributed by atoms with Crippen molar-refractivity contribution in [2.75, 3.05) is 6.54 Å². The second-order valence-corrected chi connectivity index (χ2v) is 6.22. The van der Waals surface area contributed by atoms with Gasteiger partial charge in [-0.25, -0.2) is 0 Å². The summed E-state index contributed by atoms with van der Waals surface area (Å²) in [6.45, 7) is 3.07. The number of benzene rings is 1. The lowest BCUT2D eigenvalue weighted by Crippen LogP contribution is -2.46. The third-order valence-electron chi connectivity index (χ3n) is 4.17. The number of nitrogens with one attached hydrogen (secondary N) is 1. The Morgan fingerprint density at radius 3 is 2.63 bits per heavy atom. The first-order chi connectivity index (χ1) is 9.19. The fourth-order valence-electron chi connectivity index (χ4n) is 3.11. The Hall–Kier alpha value is -0.570. The van der Waals surface area contributed by atoms with Crippen LogP contribution in [-0.2, 0) is 6.42 Å². The molecule has 3 N–H and O–H groups in total. The Morgan fingerprint density at radius 1 is 1.26 bits per heavy atom. The summed E-state index contributed by atoms with van der Waals surface area (Å²) in [6, 6.07) is 9.24. The molecule has 0 amide bonds. The molecule has 1 aromatic carbocycles. The van der Waals surface area contributed by atoms with Gasteiger partial charge in [-0.15, -0.1) is 0 Å². The van der Waals surface area contributed by atoms with Crippen LogP contribution < -0.4 is 11.1 Å². The zero-order chi connectivity index (χ0) is 13.7. The highest BCUT2D eigenvalue weighted by Gasteiger charge is 2.24. The molecule has 0 spiro atoms. The van der Waals surface area contributed by atoms with E-state index in [0.29, 0.717) is 18.0 Å². The first-order valence-corrected chi connectivity index (χ1v) is 7.77. The van der Waals surface area contributed by atoms with E-state index in [1.165, 1.54) is 31.2 Å². The molecule has 3 atom stereocenters. The molecule has 2 nitrogen and oxygen atoms in total. The van der Waals surface area contributed by atoms with Gasteiger partial charge in [0.2, 0.25) is 0 Å². The van der Waals surface area contributed by atoms with Gasteiger partial charge >= 0.3 is 0 Å². The lowest BCUT2D eigenvalue weighted by molar-refractivity contribution is 0.251. The average molecular weight is 281 g/mol. The summed E-state index contributed by atoms with van der Waals surface area (Å²) in [4.78, 5) is 0. The minimum atomic E-state index is 0.485. The topological polar surface area (TPSA) is 38.0 Å². The number of rotatable bonds is 5. The van der Waals surface area contributed by atoms with Crippen molar-refractivity contribution >= 4 is 11.6 Å². The fourth-order valence-corrected chi connectivity index (χ4v) is 3.23. The van der Waals surface area contributed by atoms with Crippen LogP contribution >= 0.6 is 11.6 Å². The molecule has 0 aromatic heterocycles. The second kappa shape index (κ2) is 7.28. The number of nitrogens with two attached hydrogens (primary N) is 1. The maximum absolute atomic E-state index is 5.91. The summed E-state index contributed by atoms with van der Waals surface area (Å²) < 4.78 is 0. The van der Waals surface area contributed by atoms with Crippen LogP contribution in [0.15, 0.2) is 24.3 Å². The van der Waals surface area contributed by atoms with Crippen molar-refractivity contribution < 1.29 is 0 Å². The standard InChI is InChI=1S/C16H25ClN2/c1-12(10-13-6-8-15(17)9-7-13)19-16-5-3-2-4-14(16)11-18/h6-9,12,14,16,19H,2-5,10-11,18H2,1H3. The smallest absolute Gasteiger partial charge is 0.0406 e. The Bertz CT molecular complexity index is 377. The van der Waals surface area contributed by atoms with Gasteiger partial charge in [-0.05, 0) is 56.3 Å². The molecule has 0 aliphatic heterocycles. The molecule has 3 heteroatoms. The van der Waals surface area contributed by atoms with Crippen molar-refractivity contribution in [3.05, 3.63) is 34.9 Å². The molecule has 0 bridgehead atoms. The lowest BCUT2D eigenvalue weighted by Gasteiger charge is -2.33. The zero-order valence-electron chi connectivity index (χ0n) is 11.7. The first kappa shape index (κ1) is 14.8. The van der Waals surface area contributed by atoms with E-state index in [1.807, 2.05) is 12.1 Å². The van der Waals surface area contributed by atoms with E-state index >= 15 is 0 Å². The van der Waals surface area contributed by atoms with Crippen LogP contribution in [0.3, 0.4) is 0 Å². The van der Waals surface area contributed by atoms with Crippen molar-refractivity contribution in [3.8, 4) is 0 Å². The van der Waals surface area contributed by atoms with E-state index in [0.717, 1.165) is 18.0 Å². The molecule has 0 saturated heterocycles. The lowest BCUT2D eigenvalue weighted by atomic mass is 9.84. The third-order valence-corrected chi connectivity index (χ3v) is 4.42. The van der Waals surface area contributed by atoms with Gasteiger partial charge in [0, 0.05) is 17.1 Å². The molecule has 1 aliphatic rings. The van der Waals surface area contributed by atoms with Crippen LogP contribution in [0.2, 0.25) is 5.02 Å². The van der Waals surface area contributed by atoms with Crippen LogP contribution in [0.25, 0.3) is 0 Å². The highest BCUT2D eigenvalue weighted by Crippen LogP contribution is 2.24. The molecule has 2 rings (SSSR count). The monoisotopic (exact) mass is 280 g/mol. The van der Waals surface area contributed by atoms with Crippen LogP contribution in [0.4, 0.5) is 0 Å². The molecule has 1 saturated carbocycles. The van der Waals surface area contributed by atoms with Gasteiger partial charge in [0.05, 0.1) is 0 Å². The van der Waals surface area contributed by atoms with Crippen LogP contribution in [0.1, 0.15) is 38.2 Å². The minimum Gasteiger partial charge on any atom is -0.330 e. The molecule has 0 heterocycles. The summed E-state index contributed by atoms with van der Waals surface area (Å²) in [5, 5.41) is 4.58. The van der Waals surface area contributed by atoms with E-state index in [2.05, 4.69) is 24.4 Å². The fraction of sp³-hybridized carbons (Fsp3) is 0.625. The molecule has 106 valence electrons. The van der Waals surface area contributed by atoms with E-state index in [4.69, 9.17) is 17.3 Å². The highest BCUT2D eigenvalue weighted by atomic mass is 35.5. The number of hydrogen-bond donors (Lipinski definition) is 2. The first-order valence-electron chi connectivity index (χ1n) is 7.39. The molecular weight excluding hydrogens is 256 g/mol. The molecule has 1 aromatic rings. The predicted octanol–water partition coefficient (Wildman–Crippen LogP) is 3.38. The molecule has 3 unspecified atom stereocenters. The van der Waals surface area contributed by atoms with Gasteiger partial charge in [0.25, 0.3) is 0 Å².